The summed E-state index contributed by atoms with van der Waals surface area (Å²) in [6, 6.07) is 16.8. The molecule has 2 aromatic heterocycles. The Morgan fingerprint density at radius 3 is 2.44 bits per heavy atom. The average Bonchev–Trinajstić information content (AvgIpc) is 3.13. The largest absolute Gasteiger partial charge is 0.497 e. The Kier molecular flexibility index (Phi) is 4.52. The molecular formula is C20H16N4O2S. The summed E-state index contributed by atoms with van der Waals surface area (Å²) in [4.78, 5) is 26.9. The first kappa shape index (κ1) is 17.1. The fourth-order valence-corrected chi connectivity index (χ4v) is 3.63. The van der Waals surface area contributed by atoms with Crippen molar-refractivity contribution >= 4 is 33.4 Å². The van der Waals surface area contributed by atoms with Gasteiger partial charge >= 0.3 is 0 Å². The fourth-order valence-electron chi connectivity index (χ4n) is 2.64. The van der Waals surface area contributed by atoms with Crippen molar-refractivity contribution in [1.29, 1.82) is 0 Å². The first-order chi connectivity index (χ1) is 13.1. The maximum absolute atomic E-state index is 12.6. The van der Waals surface area contributed by atoms with Gasteiger partial charge in [0.2, 0.25) is 0 Å². The number of carbonyl (C=O) groups excluding carboxylic acids is 1. The van der Waals surface area contributed by atoms with E-state index in [4.69, 9.17) is 4.74 Å². The van der Waals surface area contributed by atoms with Crippen molar-refractivity contribution in [3.05, 3.63) is 66.0 Å². The number of benzene rings is 2. The lowest BCUT2D eigenvalue weighted by Gasteiger charge is -2.06. The Hall–Kier alpha value is -3.32. The van der Waals surface area contributed by atoms with E-state index < -0.39 is 0 Å². The van der Waals surface area contributed by atoms with Crippen LogP contribution < -0.4 is 10.1 Å². The van der Waals surface area contributed by atoms with Crippen LogP contribution in [0.15, 0.2) is 54.6 Å². The van der Waals surface area contributed by atoms with E-state index in [0.29, 0.717) is 28.5 Å². The number of carbonyl (C=O) groups is 1. The molecule has 4 aromatic rings. The molecule has 0 saturated heterocycles. The van der Waals surface area contributed by atoms with E-state index >= 15 is 0 Å². The number of nitrogens with zero attached hydrogens (tertiary/aromatic N) is 3. The zero-order valence-corrected chi connectivity index (χ0v) is 15.6. The molecule has 0 atom stereocenters. The van der Waals surface area contributed by atoms with Crippen molar-refractivity contribution in [1.82, 2.24) is 15.0 Å². The maximum Gasteiger partial charge on any atom is 0.256 e. The molecule has 1 N–H and O–H groups in total. The second-order valence-electron chi connectivity index (χ2n) is 5.84. The highest BCUT2D eigenvalue weighted by Gasteiger charge is 2.16. The minimum absolute atomic E-state index is 0.258. The van der Waals surface area contributed by atoms with Crippen molar-refractivity contribution in [2.45, 2.75) is 6.92 Å². The van der Waals surface area contributed by atoms with Gasteiger partial charge in [-0.3, -0.25) is 4.79 Å². The lowest BCUT2D eigenvalue weighted by Crippen LogP contribution is -2.14. The number of hydrogen-bond acceptors (Lipinski definition) is 6. The maximum atomic E-state index is 12.6. The fraction of sp³-hybridized carbons (Fsp3) is 0.100. The molecule has 7 heteroatoms. The Balaban J connectivity index is 1.70. The zero-order valence-electron chi connectivity index (χ0n) is 14.8. The van der Waals surface area contributed by atoms with E-state index in [1.165, 1.54) is 11.3 Å². The van der Waals surface area contributed by atoms with Crippen LogP contribution >= 0.6 is 11.3 Å². The Morgan fingerprint density at radius 1 is 1.00 bits per heavy atom. The number of amides is 1. The van der Waals surface area contributed by atoms with Crippen LogP contribution in [0.3, 0.4) is 0 Å². The highest BCUT2D eigenvalue weighted by atomic mass is 32.1. The quantitative estimate of drug-likeness (QED) is 0.574. The van der Waals surface area contributed by atoms with Gasteiger partial charge in [-0.05, 0) is 31.2 Å². The lowest BCUT2D eigenvalue weighted by molar-refractivity contribution is 0.102. The van der Waals surface area contributed by atoms with Crippen LogP contribution in [0.25, 0.3) is 20.9 Å². The normalized spacial score (nSPS) is 10.7. The molecule has 0 aliphatic rings. The molecule has 0 spiro atoms. The van der Waals surface area contributed by atoms with E-state index in [-0.39, 0.29) is 5.91 Å². The lowest BCUT2D eigenvalue weighted by atomic mass is 10.2. The van der Waals surface area contributed by atoms with E-state index in [1.54, 1.807) is 38.3 Å². The topological polar surface area (TPSA) is 77.0 Å². The highest BCUT2D eigenvalue weighted by Crippen LogP contribution is 2.32. The molecule has 134 valence electrons. The molecule has 0 aliphatic carbocycles. The second-order valence-corrected chi connectivity index (χ2v) is 6.82. The van der Waals surface area contributed by atoms with Crippen LogP contribution in [-0.2, 0) is 0 Å². The summed E-state index contributed by atoms with van der Waals surface area (Å²) in [6.07, 6.45) is 0. The van der Waals surface area contributed by atoms with Crippen LogP contribution in [0, 0.1) is 6.92 Å². The number of aromatic nitrogens is 3. The van der Waals surface area contributed by atoms with E-state index in [0.717, 1.165) is 15.4 Å². The SMILES string of the molecule is COc1ccc(C(=O)Nc2nc(C)nc3sc(-c4ccccc4)nc23)cc1. The van der Waals surface area contributed by atoms with Crippen LogP contribution in [0.2, 0.25) is 0 Å². The molecule has 0 unspecified atom stereocenters. The standard InChI is InChI=1S/C20H16N4O2S/c1-12-21-17(24-18(25)13-8-10-15(26-2)11-9-13)16-20(22-12)27-19(23-16)14-6-4-3-5-7-14/h3-11H,1-2H3,(H,21,22,24,25). The van der Waals surface area contributed by atoms with Crippen LogP contribution in [0.4, 0.5) is 5.82 Å². The molecule has 1 amide bonds. The molecule has 0 aliphatic heterocycles. The van der Waals surface area contributed by atoms with Gasteiger partial charge in [-0.1, -0.05) is 41.7 Å². The minimum Gasteiger partial charge on any atom is -0.497 e. The van der Waals surface area contributed by atoms with Crippen molar-refractivity contribution in [2.75, 3.05) is 12.4 Å². The summed E-state index contributed by atoms with van der Waals surface area (Å²) in [6.45, 7) is 1.80. The minimum atomic E-state index is -0.258. The Morgan fingerprint density at radius 2 is 1.74 bits per heavy atom. The average molecular weight is 376 g/mol. The van der Waals surface area contributed by atoms with Gasteiger partial charge in [0.25, 0.3) is 5.91 Å². The summed E-state index contributed by atoms with van der Waals surface area (Å²) in [5.41, 5.74) is 2.11. The summed E-state index contributed by atoms with van der Waals surface area (Å²) in [5, 5.41) is 3.70. The van der Waals surface area contributed by atoms with Crippen molar-refractivity contribution in [2.24, 2.45) is 0 Å². The summed E-state index contributed by atoms with van der Waals surface area (Å²) in [5.74, 6) is 1.43. The third-order valence-corrected chi connectivity index (χ3v) is 4.97. The number of fused-ring (bicyclic) bond motifs is 1. The van der Waals surface area contributed by atoms with E-state index in [2.05, 4.69) is 20.3 Å². The smallest absolute Gasteiger partial charge is 0.256 e. The summed E-state index contributed by atoms with van der Waals surface area (Å²) >= 11 is 1.48. The third kappa shape index (κ3) is 3.50. The Bertz CT molecular complexity index is 1110. The molecule has 27 heavy (non-hydrogen) atoms. The number of anilines is 1. The van der Waals surface area contributed by atoms with Gasteiger partial charge in [-0.15, -0.1) is 0 Å². The van der Waals surface area contributed by atoms with Crippen molar-refractivity contribution in [3.63, 3.8) is 0 Å². The third-order valence-electron chi connectivity index (χ3n) is 3.98. The predicted octanol–water partition coefficient (Wildman–Crippen LogP) is 4.32. The summed E-state index contributed by atoms with van der Waals surface area (Å²) < 4.78 is 5.12. The number of ether oxygens (including phenoxy) is 1. The molecule has 6 nitrogen and oxygen atoms in total. The molecule has 0 radical (unpaired) electrons. The Labute approximate surface area is 159 Å². The summed E-state index contributed by atoms with van der Waals surface area (Å²) in [7, 11) is 1.59. The predicted molar refractivity (Wildman–Crippen MR) is 106 cm³/mol. The van der Waals surface area contributed by atoms with Gasteiger partial charge in [0, 0.05) is 11.1 Å². The zero-order chi connectivity index (χ0) is 18.8. The first-order valence-electron chi connectivity index (χ1n) is 8.30. The van der Waals surface area contributed by atoms with Gasteiger partial charge < -0.3 is 10.1 Å². The van der Waals surface area contributed by atoms with E-state index in [9.17, 15) is 4.79 Å². The van der Waals surface area contributed by atoms with Gasteiger partial charge in [0.1, 0.15) is 26.9 Å². The van der Waals surface area contributed by atoms with Gasteiger partial charge in [0.15, 0.2) is 5.82 Å². The van der Waals surface area contributed by atoms with Crippen LogP contribution in [0.1, 0.15) is 16.2 Å². The molecule has 2 aromatic carbocycles. The first-order valence-corrected chi connectivity index (χ1v) is 9.11. The number of aryl methyl sites for hydroxylation is 1. The number of methoxy groups -OCH3 is 1. The molecule has 0 bridgehead atoms. The van der Waals surface area contributed by atoms with Crippen molar-refractivity contribution < 1.29 is 9.53 Å². The molecule has 2 heterocycles. The number of thiazole rings is 1. The van der Waals surface area contributed by atoms with E-state index in [1.807, 2.05) is 30.3 Å². The number of nitrogens with one attached hydrogen (secondary N) is 1. The van der Waals surface area contributed by atoms with Gasteiger partial charge in [0.05, 0.1) is 7.11 Å². The number of hydrogen-bond donors (Lipinski definition) is 1. The number of rotatable bonds is 4. The van der Waals surface area contributed by atoms with Gasteiger partial charge in [-0.2, -0.15) is 0 Å². The molecule has 4 rings (SSSR count). The highest BCUT2D eigenvalue weighted by molar-refractivity contribution is 7.21. The van der Waals surface area contributed by atoms with Crippen LogP contribution in [-0.4, -0.2) is 28.0 Å². The monoisotopic (exact) mass is 376 g/mol. The van der Waals surface area contributed by atoms with Crippen LogP contribution in [0.5, 0.6) is 5.75 Å². The van der Waals surface area contributed by atoms with Crippen molar-refractivity contribution in [3.8, 4) is 16.3 Å². The second kappa shape index (κ2) is 7.13. The molecule has 0 saturated carbocycles. The molecular weight excluding hydrogens is 360 g/mol. The molecule has 0 fully saturated rings. The van der Waals surface area contributed by atoms with Gasteiger partial charge in [-0.25, -0.2) is 15.0 Å².